The van der Waals surface area contributed by atoms with Crippen molar-refractivity contribution < 1.29 is 19.4 Å². The maximum Gasteiger partial charge on any atom is 0.410 e. The molecule has 0 atom stereocenters. The van der Waals surface area contributed by atoms with Gasteiger partial charge in [-0.1, -0.05) is 0 Å². The lowest BCUT2D eigenvalue weighted by molar-refractivity contribution is -0.140. The first-order chi connectivity index (χ1) is 9.19. The van der Waals surface area contributed by atoms with Crippen LogP contribution in [-0.4, -0.2) is 40.8 Å². The molecule has 1 N–H and O–H groups in total. The van der Waals surface area contributed by atoms with E-state index in [1.807, 2.05) is 20.8 Å². The Morgan fingerprint density at radius 2 is 1.80 bits per heavy atom. The largest absolute Gasteiger partial charge is 0.481 e. The van der Waals surface area contributed by atoms with Crippen molar-refractivity contribution >= 4 is 12.1 Å². The molecule has 1 amide bonds. The third kappa shape index (κ3) is 3.64. The van der Waals surface area contributed by atoms with Gasteiger partial charge in [-0.05, 0) is 57.8 Å². The number of piperidine rings is 1. The first-order valence-corrected chi connectivity index (χ1v) is 7.39. The minimum atomic E-state index is -0.698. The molecule has 0 aromatic carbocycles. The molecule has 2 aliphatic rings. The minimum Gasteiger partial charge on any atom is -0.481 e. The Morgan fingerprint density at radius 1 is 1.25 bits per heavy atom. The lowest BCUT2D eigenvalue weighted by Crippen LogP contribution is -2.50. The van der Waals surface area contributed by atoms with E-state index in [-0.39, 0.29) is 12.5 Å². The number of hydrogen-bond donors (Lipinski definition) is 1. The molecule has 1 saturated carbocycles. The van der Waals surface area contributed by atoms with Gasteiger partial charge in [0.15, 0.2) is 0 Å². The zero-order chi connectivity index (χ0) is 15.0. The first-order valence-electron chi connectivity index (χ1n) is 7.39. The maximum absolute atomic E-state index is 12.0. The third-order valence-electron chi connectivity index (χ3n) is 4.38. The van der Waals surface area contributed by atoms with Gasteiger partial charge in [-0.15, -0.1) is 0 Å². The van der Waals surface area contributed by atoms with Crippen molar-refractivity contribution in [3.05, 3.63) is 0 Å². The van der Waals surface area contributed by atoms with Crippen molar-refractivity contribution in [3.8, 4) is 0 Å². The van der Waals surface area contributed by atoms with Crippen LogP contribution in [0.15, 0.2) is 0 Å². The molecule has 1 spiro atoms. The molecule has 1 heterocycles. The van der Waals surface area contributed by atoms with Crippen LogP contribution in [0, 0.1) is 11.3 Å². The van der Waals surface area contributed by atoms with Crippen LogP contribution in [0.25, 0.3) is 0 Å². The number of carboxylic acids is 1. The highest BCUT2D eigenvalue weighted by molar-refractivity contribution is 5.68. The van der Waals surface area contributed by atoms with Crippen LogP contribution in [0.4, 0.5) is 4.79 Å². The molecular formula is C15H25NO4. The van der Waals surface area contributed by atoms with Gasteiger partial charge in [0, 0.05) is 19.5 Å². The predicted molar refractivity (Wildman–Crippen MR) is 74.5 cm³/mol. The Labute approximate surface area is 120 Å². The molecule has 0 aromatic heterocycles. The molecule has 5 heteroatoms. The number of ether oxygens (including phenoxy) is 1. The lowest BCUT2D eigenvalue weighted by atomic mass is 9.57. The van der Waals surface area contributed by atoms with Crippen molar-refractivity contribution in [2.24, 2.45) is 11.3 Å². The molecule has 1 saturated heterocycles. The summed E-state index contributed by atoms with van der Waals surface area (Å²) in [6.07, 6.45) is 4.01. The zero-order valence-corrected chi connectivity index (χ0v) is 12.6. The smallest absolute Gasteiger partial charge is 0.410 e. The Balaban J connectivity index is 1.76. The molecule has 1 aliphatic carbocycles. The number of hydrogen-bond acceptors (Lipinski definition) is 3. The SMILES string of the molecule is CC(C)(C)OC(=O)N1CCC2(CC1)CC(CC(=O)O)C2. The van der Waals surface area contributed by atoms with Crippen LogP contribution in [0.2, 0.25) is 0 Å². The van der Waals surface area contributed by atoms with E-state index in [1.54, 1.807) is 4.90 Å². The Morgan fingerprint density at radius 3 is 2.25 bits per heavy atom. The highest BCUT2D eigenvalue weighted by Gasteiger charge is 2.46. The second kappa shape index (κ2) is 5.26. The van der Waals surface area contributed by atoms with E-state index in [1.165, 1.54) is 0 Å². The van der Waals surface area contributed by atoms with Gasteiger partial charge < -0.3 is 14.7 Å². The number of nitrogens with zero attached hydrogens (tertiary/aromatic N) is 1. The third-order valence-corrected chi connectivity index (χ3v) is 4.38. The number of amides is 1. The first kappa shape index (κ1) is 15.1. The van der Waals surface area contributed by atoms with Gasteiger partial charge >= 0.3 is 12.1 Å². The molecule has 5 nitrogen and oxygen atoms in total. The van der Waals surface area contributed by atoms with E-state index in [4.69, 9.17) is 9.84 Å². The lowest BCUT2D eigenvalue weighted by Gasteiger charge is -2.52. The molecule has 0 unspecified atom stereocenters. The van der Waals surface area contributed by atoms with E-state index in [0.29, 0.717) is 11.3 Å². The monoisotopic (exact) mass is 283 g/mol. The predicted octanol–water partition coefficient (Wildman–Crippen LogP) is 2.89. The summed E-state index contributed by atoms with van der Waals surface area (Å²) in [5.41, 5.74) is -0.159. The van der Waals surface area contributed by atoms with Gasteiger partial charge in [-0.3, -0.25) is 4.79 Å². The average molecular weight is 283 g/mol. The molecule has 20 heavy (non-hydrogen) atoms. The van der Waals surface area contributed by atoms with Gasteiger partial charge in [-0.2, -0.15) is 0 Å². The normalized spacial score (nSPS) is 22.4. The number of likely N-dealkylation sites (tertiary alicyclic amines) is 1. The topological polar surface area (TPSA) is 66.8 Å². The molecule has 2 fully saturated rings. The van der Waals surface area contributed by atoms with E-state index in [9.17, 15) is 9.59 Å². The fourth-order valence-corrected chi connectivity index (χ4v) is 3.45. The van der Waals surface area contributed by atoms with Gasteiger partial charge in [0.1, 0.15) is 5.60 Å². The molecule has 0 radical (unpaired) electrons. The zero-order valence-electron chi connectivity index (χ0n) is 12.6. The average Bonchev–Trinajstić information content (AvgIpc) is 2.24. The minimum absolute atomic E-state index is 0.228. The van der Waals surface area contributed by atoms with Gasteiger partial charge in [0.05, 0.1) is 0 Å². The molecule has 0 aromatic rings. The van der Waals surface area contributed by atoms with Crippen molar-refractivity contribution in [1.29, 1.82) is 0 Å². The maximum atomic E-state index is 12.0. The highest BCUT2D eigenvalue weighted by atomic mass is 16.6. The van der Waals surface area contributed by atoms with Crippen molar-refractivity contribution in [3.63, 3.8) is 0 Å². The number of aliphatic carboxylic acids is 1. The van der Waals surface area contributed by atoms with E-state index in [0.717, 1.165) is 38.8 Å². The fourth-order valence-electron chi connectivity index (χ4n) is 3.45. The van der Waals surface area contributed by atoms with E-state index >= 15 is 0 Å². The van der Waals surface area contributed by atoms with Gasteiger partial charge in [-0.25, -0.2) is 4.79 Å². The van der Waals surface area contributed by atoms with Crippen LogP contribution in [-0.2, 0) is 9.53 Å². The summed E-state index contributed by atoms with van der Waals surface area (Å²) in [6, 6.07) is 0. The van der Waals surface area contributed by atoms with E-state index < -0.39 is 11.6 Å². The summed E-state index contributed by atoms with van der Waals surface area (Å²) in [5.74, 6) is -0.364. The van der Waals surface area contributed by atoms with Crippen LogP contribution < -0.4 is 0 Å². The fraction of sp³-hybridized carbons (Fsp3) is 0.867. The highest BCUT2D eigenvalue weighted by Crippen LogP contribution is 2.53. The Bertz CT molecular complexity index is 383. The van der Waals surface area contributed by atoms with Crippen molar-refractivity contribution in [2.75, 3.05) is 13.1 Å². The van der Waals surface area contributed by atoms with Crippen LogP contribution >= 0.6 is 0 Å². The number of carbonyl (C=O) groups excluding carboxylic acids is 1. The summed E-state index contributed by atoms with van der Waals surface area (Å²) in [4.78, 5) is 24.4. The van der Waals surface area contributed by atoms with E-state index in [2.05, 4.69) is 0 Å². The summed E-state index contributed by atoms with van der Waals surface area (Å²) in [7, 11) is 0. The second-order valence-electron chi connectivity index (χ2n) is 7.34. The quantitative estimate of drug-likeness (QED) is 0.846. The molecular weight excluding hydrogens is 258 g/mol. The summed E-state index contributed by atoms with van der Waals surface area (Å²) in [6.45, 7) is 7.08. The summed E-state index contributed by atoms with van der Waals surface area (Å²) < 4.78 is 5.38. The second-order valence-corrected chi connectivity index (χ2v) is 7.34. The number of carbonyl (C=O) groups is 2. The Kier molecular flexibility index (Phi) is 3.98. The summed E-state index contributed by atoms with van der Waals surface area (Å²) >= 11 is 0. The molecule has 114 valence electrons. The number of rotatable bonds is 2. The standard InChI is InChI=1S/C15H25NO4/c1-14(2,3)20-13(19)16-6-4-15(5-7-16)9-11(10-15)8-12(17)18/h11H,4-10H2,1-3H3,(H,17,18). The van der Waals surface area contributed by atoms with Crippen LogP contribution in [0.5, 0.6) is 0 Å². The Hall–Kier alpha value is -1.26. The van der Waals surface area contributed by atoms with Crippen LogP contribution in [0.3, 0.4) is 0 Å². The number of carboxylic acid groups (broad SMARTS) is 1. The van der Waals surface area contributed by atoms with Crippen molar-refractivity contribution in [2.45, 2.75) is 58.5 Å². The summed E-state index contributed by atoms with van der Waals surface area (Å²) in [5, 5.41) is 8.79. The van der Waals surface area contributed by atoms with Gasteiger partial charge in [0.25, 0.3) is 0 Å². The van der Waals surface area contributed by atoms with Crippen molar-refractivity contribution in [1.82, 2.24) is 4.90 Å². The van der Waals surface area contributed by atoms with Crippen LogP contribution in [0.1, 0.15) is 52.9 Å². The molecule has 0 bridgehead atoms. The van der Waals surface area contributed by atoms with Gasteiger partial charge in [0.2, 0.25) is 0 Å². The molecule has 1 aliphatic heterocycles. The molecule has 2 rings (SSSR count).